The first-order valence-corrected chi connectivity index (χ1v) is 4.95. The Hall–Kier alpha value is -1.00. The molecule has 0 aromatic carbocycles. The predicted molar refractivity (Wildman–Crippen MR) is 35.8 cm³/mol. The molecule has 0 aromatic heterocycles. The second kappa shape index (κ2) is 9.09. The van der Waals surface area contributed by atoms with Crippen molar-refractivity contribution in [2.45, 2.75) is 0 Å². The van der Waals surface area contributed by atoms with E-state index in [0.29, 0.717) is 0 Å². The molecule has 0 atom stereocenters. The molecule has 0 aromatic rings. The summed E-state index contributed by atoms with van der Waals surface area (Å²) in [6.45, 7) is 0. The van der Waals surface area contributed by atoms with Crippen LogP contribution < -0.4 is 0 Å². The first-order chi connectivity index (χ1) is 5.46. The van der Waals surface area contributed by atoms with E-state index in [1.165, 1.54) is 0 Å². The van der Waals surface area contributed by atoms with Gasteiger partial charge >= 0.3 is 23.1 Å². The van der Waals surface area contributed by atoms with Gasteiger partial charge in [0.1, 0.15) is 0 Å². The summed E-state index contributed by atoms with van der Waals surface area (Å²) in [6, 6.07) is 0. The maximum Gasteiger partial charge on any atom is 0.761 e. The number of phosphoric acid groups is 1. The molecule has 0 rings (SSSR count). The fraction of sp³-hybridized carbons (Fsp3) is 0. The Balaban J connectivity index is -0.000000117. The van der Waals surface area contributed by atoms with Crippen LogP contribution in [-0.4, -0.2) is 49.8 Å². The number of carbonyl (C=O) groups is 1. The minimum atomic E-state index is -4.64. The van der Waals surface area contributed by atoms with Crippen LogP contribution in [-0.2, 0) is 9.03 Å². The maximum atomic E-state index is 8.88. The first kappa shape index (κ1) is 17.9. The van der Waals surface area contributed by atoms with Crippen LogP contribution in [0.5, 0.6) is 0 Å². The molecule has 0 fully saturated rings. The number of carboxylic acid groups (broad SMARTS) is 2. The van der Waals surface area contributed by atoms with E-state index in [4.69, 9.17) is 48.3 Å². The van der Waals surface area contributed by atoms with Crippen molar-refractivity contribution in [3.05, 3.63) is 0 Å². The third-order valence-corrected chi connectivity index (χ3v) is 0. The molecular formula is CH7O10PSi. The largest absolute Gasteiger partial charge is 0.761 e. The van der Waals surface area contributed by atoms with Crippen molar-refractivity contribution >= 4 is 23.1 Å². The minimum absolute atomic E-state index is 1.83. The van der Waals surface area contributed by atoms with E-state index < -0.39 is 23.1 Å². The fourth-order valence-corrected chi connectivity index (χ4v) is 0. The second-order valence-electron chi connectivity index (χ2n) is 1.08. The summed E-state index contributed by atoms with van der Waals surface area (Å²) >= 11 is 0. The lowest BCUT2D eigenvalue weighted by molar-refractivity contribution is 0.137. The summed E-state index contributed by atoms with van der Waals surface area (Å²) in [5, 5.41) is 13.9. The second-order valence-corrected chi connectivity index (χ2v) is 2.67. The Morgan fingerprint density at radius 1 is 1.08 bits per heavy atom. The van der Waals surface area contributed by atoms with Crippen LogP contribution in [0.25, 0.3) is 0 Å². The highest BCUT2D eigenvalue weighted by molar-refractivity contribution is 7.45. The van der Waals surface area contributed by atoms with Gasteiger partial charge in [-0.25, -0.2) is 9.36 Å². The van der Waals surface area contributed by atoms with E-state index in [1.807, 2.05) is 0 Å². The van der Waals surface area contributed by atoms with Gasteiger partial charge in [-0.3, -0.25) is 4.46 Å². The predicted octanol–water partition coefficient (Wildman–Crippen LogP) is -2.32. The summed E-state index contributed by atoms with van der Waals surface area (Å²) in [4.78, 5) is 44.4. The zero-order chi connectivity index (χ0) is 11.7. The highest BCUT2D eigenvalue weighted by Gasteiger charge is 2.00. The number of hydrogen-bond acceptors (Lipinski definition) is 3. The van der Waals surface area contributed by atoms with Crippen LogP contribution in [0.2, 0.25) is 0 Å². The summed E-state index contributed by atoms with van der Waals surface area (Å²) in [6.07, 6.45) is -1.83. The van der Waals surface area contributed by atoms with Crippen LogP contribution in [0.15, 0.2) is 0 Å². The maximum absolute atomic E-state index is 8.88. The Morgan fingerprint density at radius 3 is 1.08 bits per heavy atom. The fourth-order valence-electron chi connectivity index (χ4n) is 0. The smallest absolute Gasteiger partial charge is 0.511 e. The Labute approximate surface area is 72.5 Å². The normalized spacial score (nSPS) is 8.23. The van der Waals surface area contributed by atoms with Crippen LogP contribution in [0.1, 0.15) is 0 Å². The molecule has 0 unspecified atom stereocenters. The third-order valence-electron chi connectivity index (χ3n) is 0. The summed E-state index contributed by atoms with van der Waals surface area (Å²) in [7, 11) is -7.77. The van der Waals surface area contributed by atoms with Crippen molar-refractivity contribution in [1.29, 1.82) is 0 Å². The quantitative estimate of drug-likeness (QED) is 0.178. The van der Waals surface area contributed by atoms with E-state index in [2.05, 4.69) is 0 Å². The molecule has 0 amide bonds. The summed E-state index contributed by atoms with van der Waals surface area (Å²) in [5.74, 6) is 0. The van der Waals surface area contributed by atoms with E-state index >= 15 is 0 Å². The Morgan fingerprint density at radius 2 is 1.08 bits per heavy atom. The van der Waals surface area contributed by atoms with Crippen molar-refractivity contribution in [3.8, 4) is 0 Å². The van der Waals surface area contributed by atoms with Gasteiger partial charge in [0.15, 0.2) is 0 Å². The van der Waals surface area contributed by atoms with Crippen molar-refractivity contribution < 1.29 is 48.3 Å². The highest BCUT2D eigenvalue weighted by atomic mass is 31.2. The van der Waals surface area contributed by atoms with Crippen molar-refractivity contribution in [2.24, 2.45) is 0 Å². The molecule has 0 saturated heterocycles. The first-order valence-electron chi connectivity index (χ1n) is 2.09. The van der Waals surface area contributed by atoms with Gasteiger partial charge in [0.2, 0.25) is 0 Å². The molecule has 0 saturated carbocycles. The Bertz CT molecular complexity index is 163. The van der Waals surface area contributed by atoms with E-state index in [-0.39, 0.29) is 0 Å². The zero-order valence-electron chi connectivity index (χ0n) is 5.80. The third kappa shape index (κ3) is 885. The van der Waals surface area contributed by atoms with Gasteiger partial charge in [-0.1, -0.05) is 0 Å². The molecule has 13 heavy (non-hydrogen) atoms. The lowest BCUT2D eigenvalue weighted by Crippen LogP contribution is -1.90. The standard InChI is InChI=1S/CH2O3.H3O4P.H2O3Si/c2-1(3)4;1-5(2,3)4;1-4(2)3/h(H2,2,3,4);(H3,1,2,3,4);1-2H. The van der Waals surface area contributed by atoms with E-state index in [0.717, 1.165) is 0 Å². The van der Waals surface area contributed by atoms with Crippen molar-refractivity contribution in [2.75, 3.05) is 0 Å². The van der Waals surface area contributed by atoms with Gasteiger partial charge < -0.3 is 34.5 Å². The SMILES string of the molecule is O=C(O)O.O=P(O)(O)O.O=[Si](O)O. The lowest BCUT2D eigenvalue weighted by atomic mass is 11.5. The van der Waals surface area contributed by atoms with Crippen LogP contribution in [0.3, 0.4) is 0 Å². The lowest BCUT2D eigenvalue weighted by Gasteiger charge is -1.82. The number of rotatable bonds is 0. The van der Waals surface area contributed by atoms with Crippen LogP contribution in [0.4, 0.5) is 4.79 Å². The number of hydrogen-bond donors (Lipinski definition) is 7. The molecule has 0 radical (unpaired) electrons. The van der Waals surface area contributed by atoms with Gasteiger partial charge in [-0.2, -0.15) is 0 Å². The zero-order valence-corrected chi connectivity index (χ0v) is 7.70. The Kier molecular flexibility index (Phi) is 12.5. The summed E-state index contributed by atoms with van der Waals surface area (Å²) < 4.78 is 17.6. The monoisotopic (exact) mass is 238 g/mol. The molecule has 10 nitrogen and oxygen atoms in total. The van der Waals surface area contributed by atoms with Crippen LogP contribution in [0, 0.1) is 0 Å². The van der Waals surface area contributed by atoms with Crippen molar-refractivity contribution in [3.63, 3.8) is 0 Å². The van der Waals surface area contributed by atoms with Gasteiger partial charge in [0.25, 0.3) is 0 Å². The average Bonchev–Trinajstić information content (AvgIpc) is 1.50. The van der Waals surface area contributed by atoms with E-state index in [9.17, 15) is 0 Å². The van der Waals surface area contributed by atoms with Crippen LogP contribution >= 0.6 is 7.82 Å². The van der Waals surface area contributed by atoms with Gasteiger partial charge in [0, 0.05) is 0 Å². The molecule has 0 heterocycles. The molecule has 0 bridgehead atoms. The topological polar surface area (TPSA) is 193 Å². The average molecular weight is 238 g/mol. The van der Waals surface area contributed by atoms with Gasteiger partial charge in [-0.15, -0.1) is 0 Å². The van der Waals surface area contributed by atoms with Crippen molar-refractivity contribution in [1.82, 2.24) is 0 Å². The molecular weight excluding hydrogens is 231 g/mol. The molecule has 80 valence electrons. The molecule has 0 aliphatic carbocycles. The highest BCUT2D eigenvalue weighted by Crippen LogP contribution is 2.25. The van der Waals surface area contributed by atoms with Gasteiger partial charge in [0.05, 0.1) is 0 Å². The molecule has 0 spiro atoms. The van der Waals surface area contributed by atoms with Gasteiger partial charge in [-0.05, 0) is 0 Å². The molecule has 0 aliphatic rings. The molecule has 0 aliphatic heterocycles. The minimum Gasteiger partial charge on any atom is -0.511 e. The molecule has 12 heteroatoms. The molecule has 7 N–H and O–H groups in total. The van der Waals surface area contributed by atoms with E-state index in [1.54, 1.807) is 0 Å². The summed E-state index contributed by atoms with van der Waals surface area (Å²) in [5.41, 5.74) is 0.